The van der Waals surface area contributed by atoms with Crippen molar-refractivity contribution in [2.75, 3.05) is 5.32 Å². The number of aliphatic carboxylic acids is 1. The number of anilines is 1. The molecule has 0 saturated carbocycles. The number of hydrogen-bond donors (Lipinski definition) is 3. The fourth-order valence-electron chi connectivity index (χ4n) is 1.41. The van der Waals surface area contributed by atoms with Crippen molar-refractivity contribution in [1.29, 1.82) is 0 Å². The summed E-state index contributed by atoms with van der Waals surface area (Å²) in [6, 6.07) is 5.74. The molecule has 0 aliphatic rings. The summed E-state index contributed by atoms with van der Waals surface area (Å²) in [5, 5.41) is 11.2. The van der Waals surface area contributed by atoms with Crippen molar-refractivity contribution in [3.63, 3.8) is 0 Å². The molecule has 1 aromatic carbocycles. The van der Waals surface area contributed by atoms with Crippen LogP contribution in [-0.4, -0.2) is 29.1 Å². The summed E-state index contributed by atoms with van der Waals surface area (Å²) in [6.07, 6.45) is -0.315. The largest absolute Gasteiger partial charge is 0.489 e. The number of amides is 1. The maximum Gasteiger partial charge on any atom is 0.321 e. The van der Waals surface area contributed by atoms with Gasteiger partial charge in [0.25, 0.3) is 0 Å². The van der Waals surface area contributed by atoms with Gasteiger partial charge in [0.1, 0.15) is 11.8 Å². The molecule has 4 N–H and O–H groups in total. The second kappa shape index (κ2) is 6.75. The van der Waals surface area contributed by atoms with E-state index in [-0.39, 0.29) is 12.5 Å². The molecule has 1 atom stereocenters. The van der Waals surface area contributed by atoms with Gasteiger partial charge in [-0.15, -0.1) is 0 Å². The molecule has 1 unspecified atom stereocenters. The fraction of sp³-hybridized carbons (Fsp3) is 0.385. The Labute approximate surface area is 111 Å². The van der Waals surface area contributed by atoms with Crippen LogP contribution in [0, 0.1) is 0 Å². The topological polar surface area (TPSA) is 102 Å². The molecule has 1 amide bonds. The molecule has 1 aromatic rings. The van der Waals surface area contributed by atoms with Gasteiger partial charge in [0.05, 0.1) is 18.2 Å². The number of benzene rings is 1. The van der Waals surface area contributed by atoms with E-state index < -0.39 is 17.9 Å². The zero-order valence-electron chi connectivity index (χ0n) is 10.9. The predicted octanol–water partition coefficient (Wildman–Crippen LogP) is 1.21. The molecule has 0 heterocycles. The van der Waals surface area contributed by atoms with Crippen LogP contribution in [0.4, 0.5) is 5.69 Å². The van der Waals surface area contributed by atoms with E-state index in [1.807, 2.05) is 13.8 Å². The van der Waals surface area contributed by atoms with Gasteiger partial charge in [0, 0.05) is 0 Å². The van der Waals surface area contributed by atoms with Crippen molar-refractivity contribution in [3.05, 3.63) is 24.3 Å². The Kier molecular flexibility index (Phi) is 5.32. The van der Waals surface area contributed by atoms with Crippen molar-refractivity contribution in [1.82, 2.24) is 0 Å². The van der Waals surface area contributed by atoms with Gasteiger partial charge in [-0.2, -0.15) is 0 Å². The number of hydrogen-bond acceptors (Lipinski definition) is 4. The number of carbonyl (C=O) groups is 2. The lowest BCUT2D eigenvalue weighted by atomic mass is 10.2. The SMILES string of the molecule is CC(C)Oc1ccccc1NC(=O)CC(N)C(=O)O. The third-order valence-corrected chi connectivity index (χ3v) is 2.25. The Balaban J connectivity index is 2.71. The fourth-order valence-corrected chi connectivity index (χ4v) is 1.41. The van der Waals surface area contributed by atoms with E-state index >= 15 is 0 Å². The van der Waals surface area contributed by atoms with E-state index in [0.29, 0.717) is 11.4 Å². The molecule has 0 radical (unpaired) electrons. The Morgan fingerprint density at radius 3 is 2.58 bits per heavy atom. The van der Waals surface area contributed by atoms with Gasteiger partial charge < -0.3 is 20.9 Å². The van der Waals surface area contributed by atoms with Crippen LogP contribution in [0.25, 0.3) is 0 Å². The lowest BCUT2D eigenvalue weighted by molar-refractivity contribution is -0.140. The normalized spacial score (nSPS) is 12.0. The third kappa shape index (κ3) is 4.97. The highest BCUT2D eigenvalue weighted by atomic mass is 16.5. The van der Waals surface area contributed by atoms with E-state index in [9.17, 15) is 9.59 Å². The van der Waals surface area contributed by atoms with Crippen LogP contribution >= 0.6 is 0 Å². The monoisotopic (exact) mass is 266 g/mol. The average Bonchev–Trinajstić information content (AvgIpc) is 2.30. The van der Waals surface area contributed by atoms with Crippen LogP contribution in [-0.2, 0) is 9.59 Å². The summed E-state index contributed by atoms with van der Waals surface area (Å²) in [6.45, 7) is 3.75. The van der Waals surface area contributed by atoms with Crippen LogP contribution in [0.3, 0.4) is 0 Å². The van der Waals surface area contributed by atoms with Crippen LogP contribution in [0.1, 0.15) is 20.3 Å². The van der Waals surface area contributed by atoms with Gasteiger partial charge in [-0.25, -0.2) is 0 Å². The van der Waals surface area contributed by atoms with E-state index in [1.165, 1.54) is 0 Å². The Morgan fingerprint density at radius 2 is 2.00 bits per heavy atom. The molecule has 0 aliphatic carbocycles. The maximum atomic E-state index is 11.7. The van der Waals surface area contributed by atoms with Gasteiger partial charge in [0.15, 0.2) is 0 Å². The molecule has 0 aromatic heterocycles. The molecule has 19 heavy (non-hydrogen) atoms. The van der Waals surface area contributed by atoms with E-state index in [2.05, 4.69) is 5.32 Å². The minimum atomic E-state index is -1.21. The molecular formula is C13H18N2O4. The lowest BCUT2D eigenvalue weighted by Crippen LogP contribution is -2.34. The van der Waals surface area contributed by atoms with Gasteiger partial charge in [-0.05, 0) is 26.0 Å². The zero-order chi connectivity index (χ0) is 14.4. The molecule has 0 spiro atoms. The molecule has 6 heteroatoms. The summed E-state index contributed by atoms with van der Waals surface area (Å²) in [7, 11) is 0. The molecule has 0 bridgehead atoms. The molecule has 1 rings (SSSR count). The Hall–Kier alpha value is -2.08. The number of rotatable bonds is 6. The molecule has 104 valence electrons. The molecule has 6 nitrogen and oxygen atoms in total. The number of para-hydroxylation sites is 2. The maximum absolute atomic E-state index is 11.7. The summed E-state index contributed by atoms with van der Waals surface area (Å²) in [4.78, 5) is 22.2. The highest BCUT2D eigenvalue weighted by molar-refractivity contribution is 5.95. The summed E-state index contributed by atoms with van der Waals surface area (Å²) >= 11 is 0. The number of carboxylic acid groups (broad SMARTS) is 1. The second-order valence-corrected chi connectivity index (χ2v) is 4.36. The minimum absolute atomic E-state index is 0.0284. The average molecular weight is 266 g/mol. The number of nitrogens with one attached hydrogen (secondary N) is 1. The van der Waals surface area contributed by atoms with E-state index in [4.69, 9.17) is 15.6 Å². The molecule has 0 aliphatic heterocycles. The first-order valence-corrected chi connectivity index (χ1v) is 5.94. The smallest absolute Gasteiger partial charge is 0.321 e. The second-order valence-electron chi connectivity index (χ2n) is 4.36. The predicted molar refractivity (Wildman–Crippen MR) is 71.1 cm³/mol. The quantitative estimate of drug-likeness (QED) is 0.718. The first kappa shape index (κ1) is 15.0. The molecule has 0 fully saturated rings. The van der Waals surface area contributed by atoms with Gasteiger partial charge in [-0.1, -0.05) is 12.1 Å². The molecular weight excluding hydrogens is 248 g/mol. The van der Waals surface area contributed by atoms with Gasteiger partial charge >= 0.3 is 5.97 Å². The van der Waals surface area contributed by atoms with Gasteiger partial charge in [-0.3, -0.25) is 9.59 Å². The number of nitrogens with two attached hydrogens (primary N) is 1. The first-order chi connectivity index (χ1) is 8.90. The van der Waals surface area contributed by atoms with Crippen LogP contribution in [0.15, 0.2) is 24.3 Å². The molecule has 0 saturated heterocycles. The summed E-state index contributed by atoms with van der Waals surface area (Å²) in [5.41, 5.74) is 5.80. The van der Waals surface area contributed by atoms with Crippen molar-refractivity contribution < 1.29 is 19.4 Å². The van der Waals surface area contributed by atoms with Crippen LogP contribution in [0.5, 0.6) is 5.75 Å². The standard InChI is InChI=1S/C13H18N2O4/c1-8(2)19-11-6-4-3-5-10(11)15-12(16)7-9(14)13(17)18/h3-6,8-9H,7,14H2,1-2H3,(H,15,16)(H,17,18). The Morgan fingerprint density at radius 1 is 1.37 bits per heavy atom. The highest BCUT2D eigenvalue weighted by Crippen LogP contribution is 2.24. The first-order valence-electron chi connectivity index (χ1n) is 5.94. The zero-order valence-corrected chi connectivity index (χ0v) is 10.9. The third-order valence-electron chi connectivity index (χ3n) is 2.25. The van der Waals surface area contributed by atoms with E-state index in [1.54, 1.807) is 24.3 Å². The lowest BCUT2D eigenvalue weighted by Gasteiger charge is -2.15. The number of carbonyl (C=O) groups excluding carboxylic acids is 1. The van der Waals surface area contributed by atoms with Crippen molar-refractivity contribution in [2.24, 2.45) is 5.73 Å². The Bertz CT molecular complexity index is 460. The van der Waals surface area contributed by atoms with Crippen molar-refractivity contribution in [3.8, 4) is 5.75 Å². The minimum Gasteiger partial charge on any atom is -0.489 e. The summed E-state index contributed by atoms with van der Waals surface area (Å²) in [5.74, 6) is -1.13. The van der Waals surface area contributed by atoms with E-state index in [0.717, 1.165) is 0 Å². The number of ether oxygens (including phenoxy) is 1. The highest BCUT2D eigenvalue weighted by Gasteiger charge is 2.17. The van der Waals surface area contributed by atoms with Crippen molar-refractivity contribution >= 4 is 17.6 Å². The van der Waals surface area contributed by atoms with Gasteiger partial charge in [0.2, 0.25) is 5.91 Å². The number of carboxylic acids is 1. The summed E-state index contributed by atoms with van der Waals surface area (Å²) < 4.78 is 5.54. The van der Waals surface area contributed by atoms with Crippen LogP contribution in [0.2, 0.25) is 0 Å². The van der Waals surface area contributed by atoms with Crippen molar-refractivity contribution in [2.45, 2.75) is 32.4 Å². The van der Waals surface area contributed by atoms with Crippen LogP contribution < -0.4 is 15.8 Å².